The minimum Gasteiger partial charge on any atom is -0.276 e. The van der Waals surface area contributed by atoms with E-state index in [4.69, 9.17) is 16.7 Å². The van der Waals surface area contributed by atoms with Crippen LogP contribution in [0.4, 0.5) is 4.39 Å². The zero-order valence-electron chi connectivity index (χ0n) is 12.7. The van der Waals surface area contributed by atoms with Gasteiger partial charge in [0.2, 0.25) is 0 Å². The van der Waals surface area contributed by atoms with Crippen LogP contribution in [0.15, 0.2) is 30.6 Å². The van der Waals surface area contributed by atoms with Crippen LogP contribution in [-0.2, 0) is 18.0 Å². The van der Waals surface area contributed by atoms with Gasteiger partial charge in [0.25, 0.3) is 0 Å². The molecule has 7 heteroatoms. The number of nitrogens with two attached hydrogens (primary N) is 1. The Bertz CT molecular complexity index is 702. The van der Waals surface area contributed by atoms with Crippen molar-refractivity contribution in [1.82, 2.24) is 9.78 Å². The Hall–Kier alpha value is -1.24. The third-order valence-electron chi connectivity index (χ3n) is 3.71. The monoisotopic (exact) mass is 343 g/mol. The molecule has 2 aromatic rings. The Kier molecular flexibility index (Phi) is 5.04. The van der Waals surface area contributed by atoms with Crippen LogP contribution in [0.2, 0.25) is 5.02 Å². The first-order chi connectivity index (χ1) is 10.2. The van der Waals surface area contributed by atoms with Crippen molar-refractivity contribution in [3.05, 3.63) is 52.6 Å². The number of rotatable bonds is 5. The number of hydrogen-bond acceptors (Lipinski definition) is 2. The second-order valence-corrected chi connectivity index (χ2v) is 8.04. The van der Waals surface area contributed by atoms with E-state index in [1.165, 1.54) is 12.1 Å². The van der Waals surface area contributed by atoms with Crippen molar-refractivity contribution < 1.29 is 8.60 Å². The Morgan fingerprint density at radius 3 is 2.64 bits per heavy atom. The van der Waals surface area contributed by atoms with E-state index >= 15 is 0 Å². The quantitative estimate of drug-likeness (QED) is 0.906. The summed E-state index contributed by atoms with van der Waals surface area (Å²) in [5.41, 5.74) is 1.68. The molecule has 0 radical (unpaired) electrons. The van der Waals surface area contributed by atoms with Gasteiger partial charge in [-0.1, -0.05) is 17.7 Å². The molecule has 2 atom stereocenters. The molecular formula is C15H19ClFN3OS. The van der Waals surface area contributed by atoms with Crippen molar-refractivity contribution in [3.63, 3.8) is 0 Å². The van der Waals surface area contributed by atoms with E-state index in [1.54, 1.807) is 16.9 Å². The van der Waals surface area contributed by atoms with Gasteiger partial charge in [0, 0.05) is 19.2 Å². The molecule has 0 aliphatic rings. The normalized spacial score (nSPS) is 14.8. The Morgan fingerprint density at radius 1 is 1.45 bits per heavy atom. The molecule has 4 nitrogen and oxygen atoms in total. The molecule has 0 aliphatic heterocycles. The maximum absolute atomic E-state index is 13.8. The lowest BCUT2D eigenvalue weighted by Gasteiger charge is -2.27. The highest BCUT2D eigenvalue weighted by Crippen LogP contribution is 2.35. The summed E-state index contributed by atoms with van der Waals surface area (Å²) in [6.07, 6.45) is 4.10. The Labute approximate surface area is 137 Å². The van der Waals surface area contributed by atoms with Crippen LogP contribution in [0.3, 0.4) is 0 Å². The minimum atomic E-state index is -1.49. The highest BCUT2D eigenvalue weighted by molar-refractivity contribution is 7.84. The van der Waals surface area contributed by atoms with Crippen LogP contribution in [0.5, 0.6) is 0 Å². The van der Waals surface area contributed by atoms with Crippen LogP contribution >= 0.6 is 11.6 Å². The number of benzene rings is 1. The third-order valence-corrected chi connectivity index (χ3v) is 5.28. The largest absolute Gasteiger partial charge is 0.276 e. The Morgan fingerprint density at radius 2 is 2.14 bits per heavy atom. The number of aromatic nitrogens is 2. The zero-order chi connectivity index (χ0) is 16.5. The van der Waals surface area contributed by atoms with Crippen LogP contribution < -0.4 is 5.14 Å². The summed E-state index contributed by atoms with van der Waals surface area (Å²) in [5.74, 6) is -0.636. The van der Waals surface area contributed by atoms with Gasteiger partial charge in [0.1, 0.15) is 5.82 Å². The van der Waals surface area contributed by atoms with Crippen LogP contribution in [-0.4, -0.2) is 18.7 Å². The molecule has 22 heavy (non-hydrogen) atoms. The van der Waals surface area contributed by atoms with Crippen LogP contribution in [0, 0.1) is 5.82 Å². The van der Waals surface area contributed by atoms with Gasteiger partial charge in [-0.25, -0.2) is 8.60 Å². The van der Waals surface area contributed by atoms with Crippen molar-refractivity contribution in [3.8, 4) is 0 Å². The third kappa shape index (κ3) is 3.74. The second-order valence-electron chi connectivity index (χ2n) is 5.93. The fourth-order valence-electron chi connectivity index (χ4n) is 2.35. The van der Waals surface area contributed by atoms with E-state index < -0.39 is 21.5 Å². The highest BCUT2D eigenvalue weighted by atomic mass is 35.5. The van der Waals surface area contributed by atoms with E-state index in [1.807, 2.05) is 27.1 Å². The first-order valence-corrected chi connectivity index (χ1v) is 8.39. The molecule has 0 bridgehead atoms. The predicted molar refractivity (Wildman–Crippen MR) is 87.5 cm³/mol. The topological polar surface area (TPSA) is 60.9 Å². The van der Waals surface area contributed by atoms with Gasteiger partial charge >= 0.3 is 0 Å². The molecule has 0 fully saturated rings. The van der Waals surface area contributed by atoms with E-state index in [0.29, 0.717) is 6.42 Å². The Balaban J connectivity index is 2.45. The van der Waals surface area contributed by atoms with E-state index in [2.05, 4.69) is 5.10 Å². The van der Waals surface area contributed by atoms with Crippen molar-refractivity contribution in [1.29, 1.82) is 0 Å². The van der Waals surface area contributed by atoms with E-state index in [-0.39, 0.29) is 10.9 Å². The maximum Gasteiger partial charge on any atom is 0.142 e. The van der Waals surface area contributed by atoms with Gasteiger partial charge in [0.15, 0.2) is 0 Å². The molecule has 1 unspecified atom stereocenters. The summed E-state index contributed by atoms with van der Waals surface area (Å²) in [6.45, 7) is 3.66. The molecule has 0 saturated heterocycles. The van der Waals surface area contributed by atoms with Gasteiger partial charge in [-0.3, -0.25) is 9.82 Å². The number of halogens is 2. The fourth-order valence-corrected chi connectivity index (χ4v) is 2.80. The minimum absolute atomic E-state index is 0.0790. The van der Waals surface area contributed by atoms with Gasteiger partial charge in [-0.05, 0) is 43.5 Å². The second kappa shape index (κ2) is 6.48. The van der Waals surface area contributed by atoms with Crippen molar-refractivity contribution >= 4 is 22.6 Å². The SMILES string of the molecule is Cn1cc([C@@H](CC(C)(C)S(N)=O)c2ccc(Cl)c(F)c2)cn1. The lowest BCUT2D eigenvalue weighted by Crippen LogP contribution is -2.34. The van der Waals surface area contributed by atoms with Gasteiger partial charge in [-0.15, -0.1) is 0 Å². The highest BCUT2D eigenvalue weighted by Gasteiger charge is 2.30. The summed E-state index contributed by atoms with van der Waals surface area (Å²) in [6, 6.07) is 4.72. The summed E-state index contributed by atoms with van der Waals surface area (Å²) in [7, 11) is 0.321. The molecule has 0 amide bonds. The van der Waals surface area contributed by atoms with Gasteiger partial charge in [0.05, 0.1) is 27.0 Å². The molecule has 2 rings (SSSR count). The molecule has 1 heterocycles. The van der Waals surface area contributed by atoms with E-state index in [0.717, 1.165) is 11.1 Å². The van der Waals surface area contributed by atoms with Gasteiger partial charge in [-0.2, -0.15) is 5.10 Å². The first kappa shape index (κ1) is 17.1. The lowest BCUT2D eigenvalue weighted by molar-refractivity contribution is 0.552. The summed E-state index contributed by atoms with van der Waals surface area (Å²) < 4.78 is 26.6. The standard InChI is InChI=1S/C15H19ClFN3OS/c1-15(2,22(18)21)7-12(11-8-19-20(3)9-11)10-4-5-13(16)14(17)6-10/h4-6,8-9,12H,7,18H2,1-3H3/t12-,22?/m0/s1. The van der Waals surface area contributed by atoms with E-state index in [9.17, 15) is 8.60 Å². The molecule has 0 spiro atoms. The molecular weight excluding hydrogens is 325 g/mol. The van der Waals surface area contributed by atoms with Crippen LogP contribution in [0.25, 0.3) is 0 Å². The molecule has 0 saturated carbocycles. The van der Waals surface area contributed by atoms with Crippen molar-refractivity contribution in [2.45, 2.75) is 30.9 Å². The predicted octanol–water partition coefficient (Wildman–Crippen LogP) is 3.14. The lowest BCUT2D eigenvalue weighted by atomic mass is 9.85. The zero-order valence-corrected chi connectivity index (χ0v) is 14.3. The smallest absolute Gasteiger partial charge is 0.142 e. The van der Waals surface area contributed by atoms with Crippen molar-refractivity contribution in [2.24, 2.45) is 12.2 Å². The summed E-state index contributed by atoms with van der Waals surface area (Å²) >= 11 is 5.76. The average Bonchev–Trinajstić information content (AvgIpc) is 2.85. The molecule has 120 valence electrons. The van der Waals surface area contributed by atoms with Crippen molar-refractivity contribution in [2.75, 3.05) is 0 Å². The first-order valence-electron chi connectivity index (χ1n) is 6.80. The summed E-state index contributed by atoms with van der Waals surface area (Å²) in [5, 5.41) is 9.84. The fraction of sp³-hybridized carbons (Fsp3) is 0.400. The number of nitrogens with zero attached hydrogens (tertiary/aromatic N) is 2. The molecule has 1 aromatic heterocycles. The van der Waals surface area contributed by atoms with Gasteiger partial charge < -0.3 is 0 Å². The average molecular weight is 344 g/mol. The molecule has 1 aromatic carbocycles. The van der Waals surface area contributed by atoms with Crippen LogP contribution in [0.1, 0.15) is 37.3 Å². The maximum atomic E-state index is 13.8. The molecule has 2 N–H and O–H groups in total. The summed E-state index contributed by atoms with van der Waals surface area (Å²) in [4.78, 5) is 0. The number of aryl methyl sites for hydroxylation is 1. The molecule has 0 aliphatic carbocycles. The number of hydrogen-bond donors (Lipinski definition) is 1.